The van der Waals surface area contributed by atoms with Gasteiger partial charge in [0.15, 0.2) is 0 Å². The van der Waals surface area contributed by atoms with Crippen molar-refractivity contribution in [3.8, 4) is 12.3 Å². The first-order valence-electron chi connectivity index (χ1n) is 2.55. The van der Waals surface area contributed by atoms with E-state index < -0.39 is 0 Å². The summed E-state index contributed by atoms with van der Waals surface area (Å²) in [6, 6.07) is 7.22. The van der Waals surface area contributed by atoms with Gasteiger partial charge in [0.2, 0.25) is 0 Å². The van der Waals surface area contributed by atoms with Crippen LogP contribution in [0.3, 0.4) is 0 Å². The summed E-state index contributed by atoms with van der Waals surface area (Å²) in [4.78, 5) is 0. The summed E-state index contributed by atoms with van der Waals surface area (Å²) in [5.74, 6) is 2.48. The molecule has 0 saturated carbocycles. The van der Waals surface area contributed by atoms with Crippen LogP contribution in [0.25, 0.3) is 0 Å². The van der Waals surface area contributed by atoms with Crippen LogP contribution in [0.2, 0.25) is 5.02 Å². The van der Waals surface area contributed by atoms with E-state index in [1.165, 1.54) is 0 Å². The Balaban J connectivity index is 0. The number of benzene rings is 1. The van der Waals surface area contributed by atoms with Crippen molar-refractivity contribution in [2.24, 2.45) is 0 Å². The summed E-state index contributed by atoms with van der Waals surface area (Å²) in [6.07, 6.45) is 5.11. The fourth-order valence-corrected chi connectivity index (χ4v) is 0.769. The second kappa shape index (κ2) is 4.48. The minimum atomic E-state index is 0. The smallest absolute Gasteiger partial charge is 1.00 e. The largest absolute Gasteiger partial charge is 1.00 e. The van der Waals surface area contributed by atoms with Crippen LogP contribution in [0.1, 0.15) is 6.99 Å². The van der Waals surface area contributed by atoms with Gasteiger partial charge in [-0.25, -0.2) is 0 Å². The minimum Gasteiger partial charge on any atom is -1.00 e. The number of hydrogen-bond acceptors (Lipinski definition) is 0. The normalized spacial score (nSPS) is 7.60. The van der Waals surface area contributed by atoms with E-state index >= 15 is 0 Å². The average Bonchev–Trinajstić information content (AvgIpc) is 1.88. The minimum absolute atomic E-state index is 0. The van der Waals surface area contributed by atoms with Crippen LogP contribution in [0, 0.1) is 12.3 Å². The Hall–Kier alpha value is -0.333. The fraction of sp³-hybridized carbons (Fsp3) is 0. The molecule has 0 amide bonds. The molecule has 46 valence electrons. The summed E-state index contributed by atoms with van der Waals surface area (Å²) in [7, 11) is 0. The Morgan fingerprint density at radius 2 is 2.20 bits per heavy atom. The average molecular weight is 145 g/mol. The predicted molar refractivity (Wildman–Crippen MR) is 40.5 cm³/mol. The van der Waals surface area contributed by atoms with Crippen molar-refractivity contribution in [3.05, 3.63) is 34.9 Å². The topological polar surface area (TPSA) is 0 Å². The zero-order valence-corrected chi connectivity index (χ0v) is 6.52. The summed E-state index contributed by atoms with van der Waals surface area (Å²) in [6.45, 7) is 0. The molecule has 0 unspecified atom stereocenters. The fourth-order valence-electron chi connectivity index (χ4n) is 0.578. The third-order valence-corrected chi connectivity index (χ3v) is 1.23. The number of halogens is 1. The molecule has 1 aromatic carbocycles. The van der Waals surface area contributed by atoms with Crippen molar-refractivity contribution < 1.29 is 20.3 Å². The maximum atomic E-state index is 5.63. The molecule has 10 heavy (non-hydrogen) atoms. The van der Waals surface area contributed by atoms with E-state index in [0.717, 1.165) is 5.56 Å². The van der Waals surface area contributed by atoms with Crippen LogP contribution < -0.4 is 18.9 Å². The van der Waals surface area contributed by atoms with E-state index in [-0.39, 0.29) is 20.3 Å². The van der Waals surface area contributed by atoms with Gasteiger partial charge in [-0.1, -0.05) is 23.6 Å². The summed E-state index contributed by atoms with van der Waals surface area (Å²) >= 11 is 5.63. The second-order valence-corrected chi connectivity index (χ2v) is 2.09. The molecule has 0 saturated heterocycles. The van der Waals surface area contributed by atoms with Crippen LogP contribution in [-0.2, 0) is 0 Å². The van der Waals surface area contributed by atoms with Crippen molar-refractivity contribution in [1.82, 2.24) is 0 Å². The molecule has 0 radical (unpaired) electrons. The van der Waals surface area contributed by atoms with Gasteiger partial charge in [-0.05, 0) is 18.2 Å². The van der Waals surface area contributed by atoms with Gasteiger partial charge >= 0.3 is 18.9 Å². The van der Waals surface area contributed by atoms with Gasteiger partial charge < -0.3 is 1.43 Å². The Bertz CT molecular complexity index is 255. The molecule has 0 aliphatic rings. The molecule has 0 aromatic heterocycles. The molecule has 0 aliphatic carbocycles. The van der Waals surface area contributed by atoms with E-state index in [0.29, 0.717) is 5.02 Å². The van der Waals surface area contributed by atoms with Gasteiger partial charge in [0.25, 0.3) is 0 Å². The van der Waals surface area contributed by atoms with Gasteiger partial charge in [-0.2, -0.15) is 0 Å². The second-order valence-electron chi connectivity index (χ2n) is 1.65. The molecule has 0 atom stereocenters. The number of hydrogen-bond donors (Lipinski definition) is 0. The quantitative estimate of drug-likeness (QED) is 0.338. The van der Waals surface area contributed by atoms with E-state index in [4.69, 9.17) is 18.0 Å². The molecule has 0 nitrogen and oxygen atoms in total. The molecule has 0 heterocycles. The third-order valence-electron chi connectivity index (χ3n) is 0.991. The monoisotopic (exact) mass is 144 g/mol. The van der Waals surface area contributed by atoms with E-state index in [2.05, 4.69) is 5.92 Å². The molecule has 1 aromatic rings. The molecule has 0 fully saturated rings. The molecule has 1 rings (SSSR count). The van der Waals surface area contributed by atoms with Crippen molar-refractivity contribution >= 4 is 11.6 Å². The maximum Gasteiger partial charge on any atom is 1.00 e. The number of rotatable bonds is 0. The SMILES string of the molecule is C#Cc1cccc(Cl)c1.[H-].[Li+]. The van der Waals surface area contributed by atoms with Crippen molar-refractivity contribution in [3.63, 3.8) is 0 Å². The standard InChI is InChI=1S/C8H5Cl.Li.H/c1-2-7-4-3-5-8(9)6-7;;/h1,3-6H;;/q;+1;-1. The zero-order chi connectivity index (χ0) is 6.69. The van der Waals surface area contributed by atoms with Gasteiger partial charge in [-0.15, -0.1) is 6.42 Å². The summed E-state index contributed by atoms with van der Waals surface area (Å²) in [5, 5.41) is 0.686. The summed E-state index contributed by atoms with van der Waals surface area (Å²) < 4.78 is 0. The summed E-state index contributed by atoms with van der Waals surface area (Å²) in [5.41, 5.74) is 0.822. The maximum absolute atomic E-state index is 5.63. The van der Waals surface area contributed by atoms with Crippen LogP contribution in [0.15, 0.2) is 24.3 Å². The van der Waals surface area contributed by atoms with Gasteiger partial charge in [0.05, 0.1) is 0 Å². The third kappa shape index (κ3) is 2.50. The Morgan fingerprint density at radius 3 is 2.60 bits per heavy atom. The van der Waals surface area contributed by atoms with Crippen LogP contribution >= 0.6 is 11.6 Å². The molecule has 2 heteroatoms. The van der Waals surface area contributed by atoms with Gasteiger partial charge in [-0.3, -0.25) is 0 Å². The first-order chi connectivity index (χ1) is 4.33. The Kier molecular flexibility index (Phi) is 4.33. The van der Waals surface area contributed by atoms with Crippen LogP contribution in [-0.4, -0.2) is 0 Å². The molecule has 0 bridgehead atoms. The molecular formula is C8H6ClLi. The van der Waals surface area contributed by atoms with E-state index in [9.17, 15) is 0 Å². The molecule has 0 N–H and O–H groups in total. The van der Waals surface area contributed by atoms with Crippen LogP contribution in [0.5, 0.6) is 0 Å². The molecule has 0 aliphatic heterocycles. The van der Waals surface area contributed by atoms with Crippen molar-refractivity contribution in [1.29, 1.82) is 0 Å². The first-order valence-corrected chi connectivity index (χ1v) is 2.93. The Labute approximate surface area is 79.2 Å². The molecular weight excluding hydrogens is 138 g/mol. The first kappa shape index (κ1) is 9.67. The Morgan fingerprint density at radius 1 is 1.50 bits per heavy atom. The molecule has 0 spiro atoms. The van der Waals surface area contributed by atoms with Gasteiger partial charge in [0.1, 0.15) is 0 Å². The predicted octanol–water partition coefficient (Wildman–Crippen LogP) is -0.562. The van der Waals surface area contributed by atoms with Crippen molar-refractivity contribution in [2.45, 2.75) is 0 Å². The van der Waals surface area contributed by atoms with Gasteiger partial charge in [0, 0.05) is 10.6 Å². The van der Waals surface area contributed by atoms with E-state index in [1.54, 1.807) is 12.1 Å². The number of terminal acetylenes is 1. The van der Waals surface area contributed by atoms with Crippen molar-refractivity contribution in [2.75, 3.05) is 0 Å². The zero-order valence-electron chi connectivity index (χ0n) is 6.76. The van der Waals surface area contributed by atoms with E-state index in [1.807, 2.05) is 12.1 Å². The van der Waals surface area contributed by atoms with Crippen LogP contribution in [0.4, 0.5) is 0 Å².